The van der Waals surface area contributed by atoms with Gasteiger partial charge in [0, 0.05) is 0 Å². The molecule has 0 saturated heterocycles. The molecule has 204 valence electrons. The Morgan fingerprint density at radius 3 is 1.11 bits per heavy atom. The summed E-state index contributed by atoms with van der Waals surface area (Å²) >= 11 is 0. The minimum atomic E-state index is -6.00. The van der Waals surface area contributed by atoms with Gasteiger partial charge < -0.3 is 48.7 Å². The predicted octanol–water partition coefficient (Wildman–Crippen LogP) is 3.25. The van der Waals surface area contributed by atoms with Crippen LogP contribution in [0.15, 0.2) is 37.4 Å². The summed E-state index contributed by atoms with van der Waals surface area (Å²) in [4.78, 5) is 0. The van der Waals surface area contributed by atoms with Crippen molar-refractivity contribution in [3.05, 3.63) is 37.4 Å². The number of hydrogen-bond acceptors (Lipinski definition) is 3. The fourth-order valence-corrected chi connectivity index (χ4v) is 2.40. The van der Waals surface area contributed by atoms with E-state index in [1.165, 1.54) is 0 Å². The second kappa shape index (κ2) is 18.2. The quantitative estimate of drug-likeness (QED) is 0.165. The maximum absolute atomic E-state index is 9.75. The van der Waals surface area contributed by atoms with Crippen molar-refractivity contribution >= 4 is 14.5 Å². The van der Waals surface area contributed by atoms with Crippen LogP contribution in [0.3, 0.4) is 0 Å². The molecule has 0 aliphatic heterocycles. The molecule has 0 saturated carbocycles. The Bertz CT molecular complexity index is 701. The highest BCUT2D eigenvalue weighted by molar-refractivity contribution is 6.50. The van der Waals surface area contributed by atoms with Gasteiger partial charge >= 0.3 is 14.5 Å². The number of nitrogens with zero attached hydrogens (tertiary/aromatic N) is 4. The van der Waals surface area contributed by atoms with Gasteiger partial charge in [-0.25, -0.2) is 18.3 Å². The molecule has 0 radical (unpaired) electrons. The number of aryl methyl sites for hydroxylation is 2. The van der Waals surface area contributed by atoms with Crippen LogP contribution in [0.2, 0.25) is 0 Å². The molecule has 0 aliphatic rings. The highest BCUT2D eigenvalue weighted by Gasteiger charge is 2.21. The Morgan fingerprint density at radius 2 is 0.857 bits per heavy atom. The van der Waals surface area contributed by atoms with Crippen molar-refractivity contribution in [2.45, 2.75) is 40.0 Å². The van der Waals surface area contributed by atoms with Gasteiger partial charge in [0.05, 0.1) is 52.7 Å². The van der Waals surface area contributed by atoms with Crippen LogP contribution < -0.4 is 9.13 Å². The van der Waals surface area contributed by atoms with Gasteiger partial charge in [0.2, 0.25) is 12.7 Å². The Morgan fingerprint density at radius 1 is 0.571 bits per heavy atom. The van der Waals surface area contributed by atoms with E-state index in [2.05, 4.69) is 69.6 Å². The van der Waals surface area contributed by atoms with Crippen molar-refractivity contribution in [3.8, 4) is 0 Å². The first-order valence-electron chi connectivity index (χ1n) is 10.9. The summed E-state index contributed by atoms with van der Waals surface area (Å²) in [5.41, 5.74) is 0. The molecule has 2 aromatic heterocycles. The lowest BCUT2D eigenvalue weighted by molar-refractivity contribution is -0.698. The van der Waals surface area contributed by atoms with Gasteiger partial charge in [0.25, 0.3) is 0 Å². The zero-order chi connectivity index (χ0) is 26.7. The van der Waals surface area contributed by atoms with Gasteiger partial charge in [-0.15, -0.1) is 0 Å². The summed E-state index contributed by atoms with van der Waals surface area (Å²) in [6, 6.07) is 0. The molecular formula is C18H32B2F8N4O3. The number of imidazole rings is 2. The zero-order valence-corrected chi connectivity index (χ0v) is 19.7. The lowest BCUT2D eigenvalue weighted by atomic mass is 10.3. The molecule has 0 fully saturated rings. The summed E-state index contributed by atoms with van der Waals surface area (Å²) in [5.74, 6) is 0. The summed E-state index contributed by atoms with van der Waals surface area (Å²) in [6.45, 7) is 11.8. The Balaban J connectivity index is 0.000000975. The second-order valence-corrected chi connectivity index (χ2v) is 6.79. The Hall–Kier alpha value is -2.13. The molecule has 0 atom stereocenters. The van der Waals surface area contributed by atoms with Gasteiger partial charge in [0.1, 0.15) is 37.9 Å². The molecule has 17 heteroatoms. The number of halogens is 8. The number of ether oxygens (including phenoxy) is 3. The van der Waals surface area contributed by atoms with Gasteiger partial charge in [0.15, 0.2) is 0 Å². The van der Waals surface area contributed by atoms with E-state index < -0.39 is 14.5 Å². The van der Waals surface area contributed by atoms with E-state index in [0.29, 0.717) is 39.6 Å². The molecule has 0 aliphatic carbocycles. The molecule has 2 aromatic rings. The van der Waals surface area contributed by atoms with Crippen molar-refractivity contribution in [1.82, 2.24) is 9.13 Å². The van der Waals surface area contributed by atoms with Crippen LogP contribution in [-0.4, -0.2) is 63.3 Å². The highest BCUT2D eigenvalue weighted by Crippen LogP contribution is 2.07. The van der Waals surface area contributed by atoms with E-state index in [0.717, 1.165) is 26.2 Å². The molecule has 35 heavy (non-hydrogen) atoms. The highest BCUT2D eigenvalue weighted by atomic mass is 19.5. The first-order valence-corrected chi connectivity index (χ1v) is 10.9. The van der Waals surface area contributed by atoms with Crippen LogP contribution in [0.25, 0.3) is 0 Å². The summed E-state index contributed by atoms with van der Waals surface area (Å²) in [5, 5.41) is 0. The van der Waals surface area contributed by atoms with Gasteiger partial charge in [-0.3, -0.25) is 0 Å². The second-order valence-electron chi connectivity index (χ2n) is 6.79. The van der Waals surface area contributed by atoms with E-state index in [1.807, 2.05) is 0 Å². The maximum atomic E-state index is 9.75. The summed E-state index contributed by atoms with van der Waals surface area (Å²) in [7, 11) is -12.0. The third kappa shape index (κ3) is 24.8. The molecule has 7 nitrogen and oxygen atoms in total. The first kappa shape index (κ1) is 32.9. The summed E-state index contributed by atoms with van der Waals surface area (Å²) < 4.78 is 103. The lowest BCUT2D eigenvalue weighted by Gasteiger charge is -2.05. The average molecular weight is 526 g/mol. The third-order valence-corrected chi connectivity index (χ3v) is 3.95. The minimum Gasteiger partial charge on any atom is -0.418 e. The van der Waals surface area contributed by atoms with Crippen molar-refractivity contribution in [2.24, 2.45) is 0 Å². The Kier molecular flexibility index (Phi) is 17.1. The number of aromatic nitrogens is 4. The molecule has 0 bridgehead atoms. The smallest absolute Gasteiger partial charge is 0.418 e. The van der Waals surface area contributed by atoms with E-state index in [9.17, 15) is 34.5 Å². The lowest BCUT2D eigenvalue weighted by Crippen LogP contribution is -2.34. The van der Waals surface area contributed by atoms with Crippen molar-refractivity contribution in [2.75, 3.05) is 39.6 Å². The first-order chi connectivity index (χ1) is 16.3. The van der Waals surface area contributed by atoms with Crippen LogP contribution in [0.1, 0.15) is 13.8 Å². The topological polar surface area (TPSA) is 45.3 Å². The average Bonchev–Trinajstić information content (AvgIpc) is 3.38. The van der Waals surface area contributed by atoms with E-state index >= 15 is 0 Å². The fourth-order valence-electron chi connectivity index (χ4n) is 2.40. The van der Waals surface area contributed by atoms with Gasteiger partial charge in [-0.05, 0) is 13.8 Å². The molecule has 0 unspecified atom stereocenters. The normalized spacial score (nSPS) is 11.5. The van der Waals surface area contributed by atoms with Crippen LogP contribution >= 0.6 is 0 Å². The van der Waals surface area contributed by atoms with Crippen molar-refractivity contribution in [1.29, 1.82) is 0 Å². The standard InChI is InChI=1S/C18H32N4O3.2BF4/c1-3-19-5-7-21(17-19)9-11-23-13-15-25-16-14-24-12-10-22-8-6-20(4-2)18-22;2*2-1(3,4)5/h5-8,17-18H,3-4,9-16H2,1-2H3;;/q+2;2*-1. The monoisotopic (exact) mass is 526 g/mol. The van der Waals surface area contributed by atoms with Crippen LogP contribution in [-0.2, 0) is 40.4 Å². The molecule has 0 N–H and O–H groups in total. The molecule has 0 spiro atoms. The minimum absolute atomic E-state index is 0.609. The number of hydrogen-bond donors (Lipinski definition) is 0. The largest absolute Gasteiger partial charge is 0.673 e. The third-order valence-electron chi connectivity index (χ3n) is 3.95. The van der Waals surface area contributed by atoms with Crippen LogP contribution in [0.4, 0.5) is 34.5 Å². The van der Waals surface area contributed by atoms with Gasteiger partial charge in [-0.1, -0.05) is 0 Å². The van der Waals surface area contributed by atoms with Crippen LogP contribution in [0.5, 0.6) is 0 Å². The van der Waals surface area contributed by atoms with E-state index in [4.69, 9.17) is 14.2 Å². The predicted molar refractivity (Wildman–Crippen MR) is 113 cm³/mol. The van der Waals surface area contributed by atoms with E-state index in [-0.39, 0.29) is 0 Å². The number of rotatable bonds is 14. The molecule has 2 rings (SSSR count). The molecule has 0 aromatic carbocycles. The molecule has 0 amide bonds. The fraction of sp³-hybridized carbons (Fsp3) is 0.667. The van der Waals surface area contributed by atoms with Gasteiger partial charge in [-0.2, -0.15) is 0 Å². The maximum Gasteiger partial charge on any atom is 0.673 e. The van der Waals surface area contributed by atoms with Crippen molar-refractivity contribution in [3.63, 3.8) is 0 Å². The SMILES string of the molecule is CCn1cc[n+](CCOCCOCCOCC[n+]2ccn(CC)c2)c1.F[B-](F)(F)F.F[B-](F)(F)F. The van der Waals surface area contributed by atoms with E-state index in [1.54, 1.807) is 0 Å². The zero-order valence-electron chi connectivity index (χ0n) is 19.7. The molecular weight excluding hydrogens is 494 g/mol. The van der Waals surface area contributed by atoms with Crippen molar-refractivity contribution < 1.29 is 57.9 Å². The Labute approximate surface area is 199 Å². The molecule has 2 heterocycles. The van der Waals surface area contributed by atoms with Crippen LogP contribution in [0, 0.1) is 0 Å². The summed E-state index contributed by atoms with van der Waals surface area (Å²) in [6.07, 6.45) is 12.5.